The minimum atomic E-state index is -0.829. The molecular weight excluding hydrogens is 272 g/mol. The Hall–Kier alpha value is -1.89. The number of nitrogens with zero attached hydrogens (tertiary/aromatic N) is 4. The Balaban J connectivity index is 1.85. The van der Waals surface area contributed by atoms with Crippen molar-refractivity contribution in [3.05, 3.63) is 18.0 Å². The smallest absolute Gasteiger partial charge is 0.313 e. The molecule has 2 aliphatic rings. The van der Waals surface area contributed by atoms with E-state index in [4.69, 9.17) is 0 Å². The number of hydrogen-bond donors (Lipinski definition) is 1. The van der Waals surface area contributed by atoms with Crippen molar-refractivity contribution in [2.45, 2.75) is 6.42 Å². The number of carbonyl (C=O) groups excluding carboxylic acids is 1. The lowest BCUT2D eigenvalue weighted by molar-refractivity contribution is -0.153. The Morgan fingerprint density at radius 2 is 2.14 bits per heavy atom. The molecule has 0 spiro atoms. The number of carbonyl (C=O) groups is 2. The molecule has 114 valence electrons. The van der Waals surface area contributed by atoms with Gasteiger partial charge in [0.05, 0.1) is 11.8 Å². The molecule has 7 heteroatoms. The van der Waals surface area contributed by atoms with Gasteiger partial charge in [-0.15, -0.1) is 0 Å². The van der Waals surface area contributed by atoms with Gasteiger partial charge in [0.15, 0.2) is 0 Å². The van der Waals surface area contributed by atoms with Crippen LogP contribution in [-0.2, 0) is 11.8 Å². The van der Waals surface area contributed by atoms with Gasteiger partial charge in [0.25, 0.3) is 5.91 Å². The fourth-order valence-electron chi connectivity index (χ4n) is 3.64. The topological polar surface area (TPSA) is 78.7 Å². The molecule has 0 aliphatic carbocycles. The van der Waals surface area contributed by atoms with Gasteiger partial charge in [0, 0.05) is 32.9 Å². The fraction of sp³-hybridized carbons (Fsp3) is 0.643. The number of aliphatic carboxylic acids is 1. The second-order valence-corrected chi connectivity index (χ2v) is 6.27. The van der Waals surface area contributed by atoms with Crippen LogP contribution in [0.1, 0.15) is 16.8 Å². The van der Waals surface area contributed by atoms with Crippen LogP contribution in [0.3, 0.4) is 0 Å². The van der Waals surface area contributed by atoms with Crippen LogP contribution >= 0.6 is 0 Å². The molecule has 7 nitrogen and oxygen atoms in total. The zero-order chi connectivity index (χ0) is 15.2. The van der Waals surface area contributed by atoms with Crippen LogP contribution in [0.15, 0.2) is 12.4 Å². The van der Waals surface area contributed by atoms with Crippen molar-refractivity contribution >= 4 is 11.9 Å². The highest BCUT2D eigenvalue weighted by atomic mass is 16.4. The van der Waals surface area contributed by atoms with Gasteiger partial charge in [0.2, 0.25) is 0 Å². The van der Waals surface area contributed by atoms with Gasteiger partial charge in [-0.05, 0) is 25.9 Å². The Labute approximate surface area is 123 Å². The standard InChI is InChI=1S/C14H20N4O3/c1-16-4-3-11-7-18(9-14(11,8-16)13(20)21)12(19)10-5-15-17(2)6-10/h5-6,11H,3-4,7-9H2,1-2H3,(H,20,21)/t11-,14-/m0/s1. The average molecular weight is 292 g/mol. The molecule has 2 aliphatic heterocycles. The molecule has 21 heavy (non-hydrogen) atoms. The van der Waals surface area contributed by atoms with Gasteiger partial charge in [-0.2, -0.15) is 5.10 Å². The summed E-state index contributed by atoms with van der Waals surface area (Å²) in [5, 5.41) is 13.7. The molecule has 0 aromatic carbocycles. The number of carboxylic acids is 1. The third-order valence-corrected chi connectivity index (χ3v) is 4.77. The molecule has 0 bridgehead atoms. The van der Waals surface area contributed by atoms with Crippen molar-refractivity contribution in [2.75, 3.05) is 33.2 Å². The first-order chi connectivity index (χ1) is 9.92. The summed E-state index contributed by atoms with van der Waals surface area (Å²) < 4.78 is 1.58. The Kier molecular flexibility index (Phi) is 3.24. The number of carboxylic acid groups (broad SMARTS) is 1. The van der Waals surface area contributed by atoms with E-state index >= 15 is 0 Å². The highest BCUT2D eigenvalue weighted by Gasteiger charge is 2.55. The van der Waals surface area contributed by atoms with Crippen LogP contribution in [0, 0.1) is 11.3 Å². The highest BCUT2D eigenvalue weighted by Crippen LogP contribution is 2.42. The maximum Gasteiger partial charge on any atom is 0.313 e. The van der Waals surface area contributed by atoms with Crippen molar-refractivity contribution in [1.29, 1.82) is 0 Å². The molecule has 1 aromatic heterocycles. The predicted octanol–water partition coefficient (Wildman–Crippen LogP) is -0.101. The van der Waals surface area contributed by atoms with E-state index in [2.05, 4.69) is 5.10 Å². The maximum atomic E-state index is 12.5. The number of amides is 1. The molecule has 1 amide bonds. The summed E-state index contributed by atoms with van der Waals surface area (Å²) in [6, 6.07) is 0. The summed E-state index contributed by atoms with van der Waals surface area (Å²) in [6.07, 6.45) is 4.02. The molecular formula is C14H20N4O3. The maximum absolute atomic E-state index is 12.5. The number of fused-ring (bicyclic) bond motifs is 1. The summed E-state index contributed by atoms with van der Waals surface area (Å²) in [4.78, 5) is 28.1. The van der Waals surface area contributed by atoms with Crippen molar-refractivity contribution < 1.29 is 14.7 Å². The molecule has 2 atom stereocenters. The van der Waals surface area contributed by atoms with Gasteiger partial charge in [0.1, 0.15) is 5.41 Å². The monoisotopic (exact) mass is 292 g/mol. The number of aryl methyl sites for hydroxylation is 1. The Bertz CT molecular complexity index is 585. The van der Waals surface area contributed by atoms with Gasteiger partial charge >= 0.3 is 5.97 Å². The van der Waals surface area contributed by atoms with Crippen molar-refractivity contribution in [3.63, 3.8) is 0 Å². The predicted molar refractivity (Wildman–Crippen MR) is 74.8 cm³/mol. The van der Waals surface area contributed by atoms with E-state index in [0.29, 0.717) is 18.7 Å². The summed E-state index contributed by atoms with van der Waals surface area (Å²) >= 11 is 0. The summed E-state index contributed by atoms with van der Waals surface area (Å²) in [7, 11) is 3.70. The third kappa shape index (κ3) is 2.21. The number of likely N-dealkylation sites (tertiary alicyclic amines) is 2. The molecule has 1 aromatic rings. The van der Waals surface area contributed by atoms with Crippen LogP contribution < -0.4 is 0 Å². The zero-order valence-corrected chi connectivity index (χ0v) is 12.3. The van der Waals surface area contributed by atoms with Crippen LogP contribution in [0.4, 0.5) is 0 Å². The van der Waals surface area contributed by atoms with Crippen LogP contribution in [0.25, 0.3) is 0 Å². The first-order valence-electron chi connectivity index (χ1n) is 7.12. The van der Waals surface area contributed by atoms with E-state index in [1.54, 1.807) is 22.8 Å². The number of aromatic nitrogens is 2. The summed E-state index contributed by atoms with van der Waals surface area (Å²) in [6.45, 7) is 2.19. The van der Waals surface area contributed by atoms with Crippen molar-refractivity contribution in [3.8, 4) is 0 Å². The number of rotatable bonds is 2. The molecule has 0 saturated carbocycles. The number of piperidine rings is 1. The van der Waals surface area contributed by atoms with Crippen LogP contribution in [0.2, 0.25) is 0 Å². The van der Waals surface area contributed by atoms with Gasteiger partial charge in [-0.25, -0.2) is 0 Å². The first kappa shape index (κ1) is 14.1. The van der Waals surface area contributed by atoms with E-state index in [0.717, 1.165) is 13.0 Å². The average Bonchev–Trinajstić information content (AvgIpc) is 3.01. The van der Waals surface area contributed by atoms with Gasteiger partial charge in [-0.3, -0.25) is 14.3 Å². The number of hydrogen-bond acceptors (Lipinski definition) is 4. The van der Waals surface area contributed by atoms with E-state index in [9.17, 15) is 14.7 Å². The third-order valence-electron chi connectivity index (χ3n) is 4.77. The second-order valence-electron chi connectivity index (χ2n) is 6.27. The van der Waals surface area contributed by atoms with Crippen molar-refractivity contribution in [2.24, 2.45) is 18.4 Å². The quantitative estimate of drug-likeness (QED) is 0.823. The highest BCUT2D eigenvalue weighted by molar-refractivity contribution is 5.94. The second kappa shape index (κ2) is 4.84. The molecule has 0 unspecified atom stereocenters. The molecule has 3 heterocycles. The molecule has 2 saturated heterocycles. The minimum absolute atomic E-state index is 0.0341. The normalized spacial score (nSPS) is 29.4. The van der Waals surface area contributed by atoms with Gasteiger partial charge in [-0.1, -0.05) is 0 Å². The van der Waals surface area contributed by atoms with Crippen LogP contribution in [-0.4, -0.2) is 69.8 Å². The first-order valence-corrected chi connectivity index (χ1v) is 7.12. The SMILES string of the molecule is CN1CC[C@H]2CN(C(=O)c3cnn(C)c3)C[C@@]2(C(=O)O)C1. The molecule has 0 radical (unpaired) electrons. The Morgan fingerprint density at radius 1 is 1.38 bits per heavy atom. The molecule has 2 fully saturated rings. The minimum Gasteiger partial charge on any atom is -0.481 e. The lowest BCUT2D eigenvalue weighted by atomic mass is 9.73. The van der Waals surface area contributed by atoms with Crippen LogP contribution in [0.5, 0.6) is 0 Å². The van der Waals surface area contributed by atoms with Crippen molar-refractivity contribution in [1.82, 2.24) is 19.6 Å². The van der Waals surface area contributed by atoms with E-state index in [1.807, 2.05) is 11.9 Å². The summed E-state index contributed by atoms with van der Waals surface area (Å²) in [5.41, 5.74) is -0.310. The fourth-order valence-corrected chi connectivity index (χ4v) is 3.64. The molecule has 3 rings (SSSR count). The van der Waals surface area contributed by atoms with Gasteiger partial charge < -0.3 is 14.9 Å². The summed E-state index contributed by atoms with van der Waals surface area (Å²) in [5.74, 6) is -0.881. The lowest BCUT2D eigenvalue weighted by Crippen LogP contribution is -2.52. The lowest BCUT2D eigenvalue weighted by Gasteiger charge is -2.39. The van der Waals surface area contributed by atoms with E-state index in [-0.39, 0.29) is 18.4 Å². The largest absolute Gasteiger partial charge is 0.481 e. The zero-order valence-electron chi connectivity index (χ0n) is 12.3. The Morgan fingerprint density at radius 3 is 2.76 bits per heavy atom. The van der Waals surface area contributed by atoms with E-state index in [1.165, 1.54) is 6.20 Å². The van der Waals surface area contributed by atoms with E-state index < -0.39 is 11.4 Å². The molecule has 1 N–H and O–H groups in total.